The molecule has 112 valence electrons. The Morgan fingerprint density at radius 2 is 2.19 bits per heavy atom. The van der Waals surface area contributed by atoms with E-state index in [1.807, 2.05) is 6.92 Å². The van der Waals surface area contributed by atoms with Crippen molar-refractivity contribution in [2.75, 3.05) is 0 Å². The Morgan fingerprint density at radius 1 is 1.48 bits per heavy atom. The molecule has 0 aliphatic rings. The average molecular weight is 330 g/mol. The number of hydrogen-bond donors (Lipinski definition) is 2. The first kappa shape index (κ1) is 15.5. The van der Waals surface area contributed by atoms with Crippen molar-refractivity contribution in [1.82, 2.24) is 9.71 Å². The maximum Gasteiger partial charge on any atom is 0.335 e. The smallest absolute Gasteiger partial charge is 0.335 e. The van der Waals surface area contributed by atoms with E-state index in [9.17, 15) is 17.6 Å². The predicted octanol–water partition coefficient (Wildman–Crippen LogP) is 1.77. The van der Waals surface area contributed by atoms with Gasteiger partial charge in [0.25, 0.3) is 0 Å². The molecule has 9 heteroatoms. The Hall–Kier alpha value is -1.84. The van der Waals surface area contributed by atoms with Crippen LogP contribution in [0, 0.1) is 12.7 Å². The highest BCUT2D eigenvalue weighted by Gasteiger charge is 2.21. The molecular weight excluding hydrogens is 319 g/mol. The molecule has 1 aromatic heterocycles. The molecule has 1 heterocycles. The zero-order valence-electron chi connectivity index (χ0n) is 10.8. The molecule has 0 bridgehead atoms. The van der Waals surface area contributed by atoms with Crippen LogP contribution in [0.15, 0.2) is 29.3 Å². The molecule has 0 aliphatic carbocycles. The van der Waals surface area contributed by atoms with Crippen LogP contribution in [0.3, 0.4) is 0 Å². The molecule has 0 unspecified atom stereocenters. The maximum absolute atomic E-state index is 13.6. The third kappa shape index (κ3) is 3.63. The Bertz CT molecular complexity index is 786. The summed E-state index contributed by atoms with van der Waals surface area (Å²) in [5.41, 5.74) is -0.304. The molecule has 2 rings (SSSR count). The molecule has 1 aromatic carbocycles. The first-order valence-corrected chi connectivity index (χ1v) is 8.03. The second kappa shape index (κ2) is 5.88. The van der Waals surface area contributed by atoms with Gasteiger partial charge < -0.3 is 5.11 Å². The van der Waals surface area contributed by atoms with Crippen LogP contribution in [0.1, 0.15) is 20.2 Å². The number of nitrogens with zero attached hydrogens (tertiary/aromatic N) is 1. The topological polar surface area (TPSA) is 96.4 Å². The third-order valence-corrected chi connectivity index (χ3v) is 4.88. The minimum absolute atomic E-state index is 0.0857. The van der Waals surface area contributed by atoms with Crippen LogP contribution in [-0.4, -0.2) is 24.5 Å². The minimum atomic E-state index is -4.16. The number of hydrogen-bond acceptors (Lipinski definition) is 5. The Balaban J connectivity index is 2.26. The number of rotatable bonds is 5. The SMILES string of the molecule is Cc1cnc(CNS(=O)(=O)c2cc(C(=O)O)ccc2F)s1. The predicted molar refractivity (Wildman–Crippen MR) is 74.2 cm³/mol. The zero-order valence-corrected chi connectivity index (χ0v) is 12.5. The van der Waals surface area contributed by atoms with Crippen molar-refractivity contribution in [2.24, 2.45) is 0 Å². The lowest BCUT2D eigenvalue weighted by Crippen LogP contribution is -2.24. The molecule has 0 amide bonds. The van der Waals surface area contributed by atoms with Gasteiger partial charge in [-0.05, 0) is 25.1 Å². The van der Waals surface area contributed by atoms with Gasteiger partial charge in [-0.1, -0.05) is 0 Å². The molecular formula is C12H11FN2O4S2. The monoisotopic (exact) mass is 330 g/mol. The molecule has 0 spiro atoms. The summed E-state index contributed by atoms with van der Waals surface area (Å²) in [6.45, 7) is 1.74. The molecule has 0 saturated carbocycles. The van der Waals surface area contributed by atoms with Crippen LogP contribution in [0.4, 0.5) is 4.39 Å². The van der Waals surface area contributed by atoms with Gasteiger partial charge in [0, 0.05) is 11.1 Å². The van der Waals surface area contributed by atoms with E-state index in [2.05, 4.69) is 9.71 Å². The van der Waals surface area contributed by atoms with Crippen molar-refractivity contribution in [1.29, 1.82) is 0 Å². The van der Waals surface area contributed by atoms with Gasteiger partial charge in [-0.3, -0.25) is 0 Å². The number of halogens is 1. The highest BCUT2D eigenvalue weighted by Crippen LogP contribution is 2.18. The Morgan fingerprint density at radius 3 is 2.76 bits per heavy atom. The number of sulfonamides is 1. The second-order valence-corrected chi connectivity index (χ2v) is 7.19. The molecule has 6 nitrogen and oxygen atoms in total. The normalized spacial score (nSPS) is 11.5. The summed E-state index contributed by atoms with van der Waals surface area (Å²) in [5, 5.41) is 9.36. The fraction of sp³-hybridized carbons (Fsp3) is 0.167. The number of thiazole rings is 1. The summed E-state index contributed by atoms with van der Waals surface area (Å²) in [4.78, 5) is 15.0. The number of aromatic carboxylic acids is 1. The molecule has 2 aromatic rings. The van der Waals surface area contributed by atoms with E-state index in [1.165, 1.54) is 11.3 Å². The van der Waals surface area contributed by atoms with E-state index in [-0.39, 0.29) is 12.1 Å². The van der Waals surface area contributed by atoms with Gasteiger partial charge in [-0.2, -0.15) is 0 Å². The second-order valence-electron chi connectivity index (χ2n) is 4.14. The van der Waals surface area contributed by atoms with Gasteiger partial charge in [0.15, 0.2) is 0 Å². The van der Waals surface area contributed by atoms with Crippen molar-refractivity contribution >= 4 is 27.3 Å². The summed E-state index contributed by atoms with van der Waals surface area (Å²) < 4.78 is 39.9. The third-order valence-electron chi connectivity index (χ3n) is 2.55. The van der Waals surface area contributed by atoms with Crippen LogP contribution in [0.25, 0.3) is 0 Å². The van der Waals surface area contributed by atoms with Crippen molar-refractivity contribution < 1.29 is 22.7 Å². The van der Waals surface area contributed by atoms with Crippen molar-refractivity contribution in [3.8, 4) is 0 Å². The van der Waals surface area contributed by atoms with E-state index < -0.39 is 26.7 Å². The standard InChI is InChI=1S/C12H11FN2O4S2/c1-7-5-14-11(20-7)6-15-21(18,19)10-4-8(12(16)17)2-3-9(10)13/h2-5,15H,6H2,1H3,(H,16,17). The molecule has 0 atom stereocenters. The highest BCUT2D eigenvalue weighted by atomic mass is 32.2. The van der Waals surface area contributed by atoms with Crippen molar-refractivity contribution in [3.05, 3.63) is 45.7 Å². The molecule has 2 N–H and O–H groups in total. The summed E-state index contributed by atoms with van der Waals surface area (Å²) in [6, 6.07) is 2.60. The minimum Gasteiger partial charge on any atom is -0.478 e. The van der Waals surface area contributed by atoms with Gasteiger partial charge in [0.05, 0.1) is 12.1 Å². The Labute approximate surface area is 124 Å². The van der Waals surface area contributed by atoms with E-state index in [0.29, 0.717) is 5.01 Å². The number of benzene rings is 1. The summed E-state index contributed by atoms with van der Waals surface area (Å²) in [6.07, 6.45) is 1.60. The quantitative estimate of drug-likeness (QED) is 0.871. The molecule has 0 saturated heterocycles. The maximum atomic E-state index is 13.6. The van der Waals surface area contributed by atoms with Crippen molar-refractivity contribution in [3.63, 3.8) is 0 Å². The van der Waals surface area contributed by atoms with Crippen LogP contribution in [0.5, 0.6) is 0 Å². The van der Waals surface area contributed by atoms with Crippen LogP contribution in [-0.2, 0) is 16.6 Å². The highest BCUT2D eigenvalue weighted by molar-refractivity contribution is 7.89. The van der Waals surface area contributed by atoms with E-state index in [4.69, 9.17) is 5.11 Å². The summed E-state index contributed by atoms with van der Waals surface area (Å²) in [5.74, 6) is -2.34. The zero-order chi connectivity index (χ0) is 15.6. The fourth-order valence-corrected chi connectivity index (χ4v) is 3.47. The number of carboxylic acids is 1. The van der Waals surface area contributed by atoms with Crippen LogP contribution < -0.4 is 4.72 Å². The van der Waals surface area contributed by atoms with Crippen molar-refractivity contribution in [2.45, 2.75) is 18.4 Å². The molecule has 21 heavy (non-hydrogen) atoms. The Kier molecular flexibility index (Phi) is 4.35. The number of aromatic nitrogens is 1. The first-order chi connectivity index (χ1) is 9.79. The fourth-order valence-electron chi connectivity index (χ4n) is 1.56. The first-order valence-electron chi connectivity index (χ1n) is 5.73. The lowest BCUT2D eigenvalue weighted by molar-refractivity contribution is 0.0696. The number of carbonyl (C=O) groups is 1. The van der Waals surface area contributed by atoms with Gasteiger partial charge >= 0.3 is 5.97 Å². The summed E-state index contributed by atoms with van der Waals surface area (Å²) >= 11 is 1.31. The lowest BCUT2D eigenvalue weighted by Gasteiger charge is -2.07. The molecule has 0 radical (unpaired) electrons. The number of aryl methyl sites for hydroxylation is 1. The van der Waals surface area contributed by atoms with Gasteiger partial charge in [-0.25, -0.2) is 27.3 Å². The van der Waals surface area contributed by atoms with Gasteiger partial charge in [-0.15, -0.1) is 11.3 Å². The molecule has 0 fully saturated rings. The summed E-state index contributed by atoms with van der Waals surface area (Å²) in [7, 11) is -4.16. The van der Waals surface area contributed by atoms with E-state index in [0.717, 1.165) is 23.1 Å². The molecule has 0 aliphatic heterocycles. The number of carboxylic acid groups (broad SMARTS) is 1. The largest absolute Gasteiger partial charge is 0.478 e. The number of nitrogens with one attached hydrogen (secondary N) is 1. The average Bonchev–Trinajstić information content (AvgIpc) is 2.82. The van der Waals surface area contributed by atoms with Gasteiger partial charge in [0.2, 0.25) is 10.0 Å². The lowest BCUT2D eigenvalue weighted by atomic mass is 10.2. The van der Waals surface area contributed by atoms with E-state index >= 15 is 0 Å². The van der Waals surface area contributed by atoms with Crippen LogP contribution in [0.2, 0.25) is 0 Å². The van der Waals surface area contributed by atoms with E-state index in [1.54, 1.807) is 6.20 Å². The van der Waals surface area contributed by atoms with Gasteiger partial charge in [0.1, 0.15) is 15.7 Å². The van der Waals surface area contributed by atoms with Crippen LogP contribution >= 0.6 is 11.3 Å².